The summed E-state index contributed by atoms with van der Waals surface area (Å²) in [5, 5.41) is 2.92. The van der Waals surface area contributed by atoms with Crippen molar-refractivity contribution >= 4 is 5.91 Å². The summed E-state index contributed by atoms with van der Waals surface area (Å²) < 4.78 is 21.5. The number of carbonyl (C=O) groups excluding carboxylic acids is 1. The average Bonchev–Trinajstić information content (AvgIpc) is 2.70. The van der Waals surface area contributed by atoms with Crippen LogP contribution in [0.3, 0.4) is 0 Å². The van der Waals surface area contributed by atoms with E-state index in [9.17, 15) is 4.79 Å². The third-order valence-electron chi connectivity index (χ3n) is 4.39. The van der Waals surface area contributed by atoms with Gasteiger partial charge in [0.1, 0.15) is 5.75 Å². The maximum atomic E-state index is 11.4. The zero-order valence-electron chi connectivity index (χ0n) is 16.5. The van der Waals surface area contributed by atoms with Gasteiger partial charge in [-0.25, -0.2) is 0 Å². The molecule has 6 nitrogen and oxygen atoms in total. The third-order valence-corrected chi connectivity index (χ3v) is 4.39. The fourth-order valence-corrected chi connectivity index (χ4v) is 2.99. The maximum absolute atomic E-state index is 11.4. The van der Waals surface area contributed by atoms with Crippen LogP contribution in [0.5, 0.6) is 23.0 Å². The predicted octanol–water partition coefficient (Wildman–Crippen LogP) is 3.18. The molecule has 6 heteroatoms. The van der Waals surface area contributed by atoms with E-state index in [4.69, 9.17) is 18.9 Å². The van der Waals surface area contributed by atoms with Gasteiger partial charge >= 0.3 is 0 Å². The van der Waals surface area contributed by atoms with Gasteiger partial charge in [-0.1, -0.05) is 12.1 Å². The van der Waals surface area contributed by atoms with Gasteiger partial charge in [0.05, 0.1) is 28.4 Å². The second-order valence-electron chi connectivity index (χ2n) is 6.14. The second kappa shape index (κ2) is 9.71. The molecule has 0 fully saturated rings. The third kappa shape index (κ3) is 5.29. The quantitative estimate of drug-likeness (QED) is 0.731. The van der Waals surface area contributed by atoms with Crippen molar-refractivity contribution in [1.82, 2.24) is 5.32 Å². The van der Waals surface area contributed by atoms with Gasteiger partial charge in [-0.2, -0.15) is 0 Å². The monoisotopic (exact) mass is 373 g/mol. The molecule has 1 atom stereocenters. The minimum atomic E-state index is -0.0570. The van der Waals surface area contributed by atoms with Crippen molar-refractivity contribution in [3.05, 3.63) is 47.5 Å². The van der Waals surface area contributed by atoms with E-state index >= 15 is 0 Å². The van der Waals surface area contributed by atoms with Gasteiger partial charge in [0.15, 0.2) is 11.5 Å². The molecule has 1 unspecified atom stereocenters. The first-order valence-corrected chi connectivity index (χ1v) is 8.69. The first kappa shape index (κ1) is 20.4. The lowest BCUT2D eigenvalue weighted by molar-refractivity contribution is -0.119. The molecule has 2 aromatic carbocycles. The summed E-state index contributed by atoms with van der Waals surface area (Å²) in [6, 6.07) is 11.8. The zero-order chi connectivity index (χ0) is 19.8. The van der Waals surface area contributed by atoms with Crippen LogP contribution in [0.25, 0.3) is 0 Å². The van der Waals surface area contributed by atoms with E-state index < -0.39 is 0 Å². The van der Waals surface area contributed by atoms with E-state index in [1.807, 2.05) is 36.4 Å². The molecule has 2 aromatic rings. The van der Waals surface area contributed by atoms with Crippen molar-refractivity contribution in [3.8, 4) is 23.0 Å². The van der Waals surface area contributed by atoms with Crippen LogP contribution in [-0.4, -0.2) is 40.9 Å². The highest BCUT2D eigenvalue weighted by atomic mass is 16.5. The largest absolute Gasteiger partial charge is 0.497 e. The number of carbonyl (C=O) groups is 1. The number of ether oxygens (including phenoxy) is 4. The lowest BCUT2D eigenvalue weighted by Gasteiger charge is -2.20. The molecule has 0 aliphatic carbocycles. The van der Waals surface area contributed by atoms with Gasteiger partial charge in [-0.05, 0) is 41.8 Å². The van der Waals surface area contributed by atoms with Crippen molar-refractivity contribution in [3.63, 3.8) is 0 Å². The molecular weight excluding hydrogens is 346 g/mol. The highest BCUT2D eigenvalue weighted by molar-refractivity contribution is 5.72. The van der Waals surface area contributed by atoms with Crippen LogP contribution < -0.4 is 24.3 Å². The number of hydrogen-bond acceptors (Lipinski definition) is 5. The SMILES string of the molecule is COc1ccc(C(CNC(C)=O)Cc2cc(OC)c(OC)c(OC)c2)cc1. The summed E-state index contributed by atoms with van der Waals surface area (Å²) in [7, 11) is 6.41. The van der Waals surface area contributed by atoms with E-state index in [-0.39, 0.29) is 11.8 Å². The normalized spacial score (nSPS) is 11.4. The smallest absolute Gasteiger partial charge is 0.216 e. The Morgan fingerprint density at radius 2 is 1.52 bits per heavy atom. The molecule has 0 saturated heterocycles. The number of nitrogens with one attached hydrogen (secondary N) is 1. The van der Waals surface area contributed by atoms with Crippen LogP contribution in [0.4, 0.5) is 0 Å². The fraction of sp³-hybridized carbons (Fsp3) is 0.381. The fourth-order valence-electron chi connectivity index (χ4n) is 2.99. The molecule has 0 aliphatic rings. The Morgan fingerprint density at radius 3 is 1.96 bits per heavy atom. The van der Waals surface area contributed by atoms with Crippen LogP contribution in [0.2, 0.25) is 0 Å². The van der Waals surface area contributed by atoms with Crippen molar-refractivity contribution in [1.29, 1.82) is 0 Å². The van der Waals surface area contributed by atoms with E-state index in [0.717, 1.165) is 16.9 Å². The molecule has 0 aliphatic heterocycles. The van der Waals surface area contributed by atoms with Crippen molar-refractivity contribution < 1.29 is 23.7 Å². The number of rotatable bonds is 9. The standard InChI is InChI=1S/C21H27NO5/c1-14(23)22-13-17(16-6-8-18(24-2)9-7-16)10-15-11-19(25-3)21(27-5)20(12-15)26-4/h6-9,11-12,17H,10,13H2,1-5H3,(H,22,23). The number of amides is 1. The Labute approximate surface area is 160 Å². The summed E-state index contributed by atoms with van der Waals surface area (Å²) in [5.74, 6) is 2.61. The Kier molecular flexibility index (Phi) is 7.34. The Hall–Kier alpha value is -2.89. The van der Waals surface area contributed by atoms with Gasteiger partial charge < -0.3 is 24.3 Å². The average molecular weight is 373 g/mol. The van der Waals surface area contributed by atoms with Crippen LogP contribution in [-0.2, 0) is 11.2 Å². The highest BCUT2D eigenvalue weighted by Gasteiger charge is 2.18. The Balaban J connectivity index is 2.34. The van der Waals surface area contributed by atoms with Crippen molar-refractivity contribution in [2.75, 3.05) is 35.0 Å². The summed E-state index contributed by atoms with van der Waals surface area (Å²) in [5.41, 5.74) is 2.13. The minimum absolute atomic E-state index is 0.0570. The van der Waals surface area contributed by atoms with Crippen LogP contribution in [0, 0.1) is 0 Å². The molecular formula is C21H27NO5. The number of benzene rings is 2. The van der Waals surface area contributed by atoms with Crippen molar-refractivity contribution in [2.24, 2.45) is 0 Å². The number of hydrogen-bond donors (Lipinski definition) is 1. The van der Waals surface area contributed by atoms with Gasteiger partial charge in [-0.3, -0.25) is 4.79 Å². The molecule has 0 bridgehead atoms. The maximum Gasteiger partial charge on any atom is 0.216 e. The molecule has 0 spiro atoms. The predicted molar refractivity (Wildman–Crippen MR) is 104 cm³/mol. The van der Waals surface area contributed by atoms with E-state index in [2.05, 4.69) is 5.32 Å². The summed E-state index contributed by atoms with van der Waals surface area (Å²) in [6.07, 6.45) is 0.698. The van der Waals surface area contributed by atoms with E-state index in [0.29, 0.717) is 30.2 Å². The van der Waals surface area contributed by atoms with Crippen LogP contribution in [0.1, 0.15) is 24.0 Å². The molecule has 1 amide bonds. The second-order valence-corrected chi connectivity index (χ2v) is 6.14. The molecule has 0 heterocycles. The lowest BCUT2D eigenvalue weighted by Crippen LogP contribution is -2.27. The van der Waals surface area contributed by atoms with Gasteiger partial charge in [0.2, 0.25) is 11.7 Å². The summed E-state index contributed by atoms with van der Waals surface area (Å²) in [6.45, 7) is 2.04. The lowest BCUT2D eigenvalue weighted by atomic mass is 9.91. The summed E-state index contributed by atoms with van der Waals surface area (Å²) >= 11 is 0. The van der Waals surface area contributed by atoms with E-state index in [1.54, 1.807) is 28.4 Å². The molecule has 146 valence electrons. The zero-order valence-corrected chi connectivity index (χ0v) is 16.5. The van der Waals surface area contributed by atoms with Gasteiger partial charge in [-0.15, -0.1) is 0 Å². The molecule has 1 N–H and O–H groups in total. The molecule has 0 aromatic heterocycles. The Bertz CT molecular complexity index is 733. The first-order chi connectivity index (χ1) is 13.0. The number of methoxy groups -OCH3 is 4. The minimum Gasteiger partial charge on any atom is -0.497 e. The summed E-state index contributed by atoms with van der Waals surface area (Å²) in [4.78, 5) is 11.4. The van der Waals surface area contributed by atoms with E-state index in [1.165, 1.54) is 6.92 Å². The molecule has 0 saturated carbocycles. The van der Waals surface area contributed by atoms with Crippen LogP contribution >= 0.6 is 0 Å². The molecule has 0 radical (unpaired) electrons. The van der Waals surface area contributed by atoms with Gasteiger partial charge in [0, 0.05) is 19.4 Å². The Morgan fingerprint density at radius 1 is 0.926 bits per heavy atom. The molecule has 2 rings (SSSR count). The van der Waals surface area contributed by atoms with Gasteiger partial charge in [0.25, 0.3) is 0 Å². The van der Waals surface area contributed by atoms with Crippen LogP contribution in [0.15, 0.2) is 36.4 Å². The van der Waals surface area contributed by atoms with Crippen molar-refractivity contribution in [2.45, 2.75) is 19.3 Å². The molecule has 27 heavy (non-hydrogen) atoms. The first-order valence-electron chi connectivity index (χ1n) is 8.69. The topological polar surface area (TPSA) is 66.0 Å². The highest BCUT2D eigenvalue weighted by Crippen LogP contribution is 2.39.